The minimum absolute atomic E-state index is 0.0955. The second-order valence-electron chi connectivity index (χ2n) is 6.63. The number of aromatic amines is 1. The zero-order chi connectivity index (χ0) is 21.1. The van der Waals surface area contributed by atoms with Gasteiger partial charge in [0.15, 0.2) is 0 Å². The number of carbonyl (C=O) groups excluding carboxylic acids is 1. The SMILES string of the molecule is N#C/C(=C\c1c(-c2ccccc2)[nH]c2ccccc12)C(=O)c1cccc([N+](=O)[O-])c1. The first kappa shape index (κ1) is 18.8. The molecule has 4 aromatic rings. The summed E-state index contributed by atoms with van der Waals surface area (Å²) in [5.41, 5.74) is 3.09. The summed E-state index contributed by atoms with van der Waals surface area (Å²) in [7, 11) is 0. The molecule has 6 heteroatoms. The van der Waals surface area contributed by atoms with Crippen LogP contribution in [-0.4, -0.2) is 15.7 Å². The van der Waals surface area contributed by atoms with Crippen molar-refractivity contribution >= 4 is 28.4 Å². The molecule has 4 rings (SSSR count). The van der Waals surface area contributed by atoms with Gasteiger partial charge in [0.1, 0.15) is 11.6 Å². The van der Waals surface area contributed by atoms with E-state index in [9.17, 15) is 20.2 Å². The Bertz CT molecular complexity index is 1350. The van der Waals surface area contributed by atoms with Gasteiger partial charge in [-0.05, 0) is 17.7 Å². The first-order valence-electron chi connectivity index (χ1n) is 9.15. The van der Waals surface area contributed by atoms with Crippen molar-refractivity contribution in [2.75, 3.05) is 0 Å². The molecule has 0 fully saturated rings. The van der Waals surface area contributed by atoms with Gasteiger partial charge in [-0.3, -0.25) is 14.9 Å². The number of nitro benzene ring substituents is 1. The van der Waals surface area contributed by atoms with E-state index >= 15 is 0 Å². The van der Waals surface area contributed by atoms with E-state index in [-0.39, 0.29) is 16.8 Å². The number of nitriles is 1. The van der Waals surface area contributed by atoms with Crippen molar-refractivity contribution in [3.8, 4) is 17.3 Å². The second kappa shape index (κ2) is 7.86. The number of benzene rings is 3. The average Bonchev–Trinajstić information content (AvgIpc) is 3.16. The minimum Gasteiger partial charge on any atom is -0.354 e. The topological polar surface area (TPSA) is 99.8 Å². The first-order chi connectivity index (χ1) is 14.6. The van der Waals surface area contributed by atoms with Gasteiger partial charge in [0, 0.05) is 34.2 Å². The van der Waals surface area contributed by atoms with Gasteiger partial charge in [0.05, 0.1) is 10.6 Å². The number of nitro groups is 1. The molecule has 30 heavy (non-hydrogen) atoms. The molecule has 0 radical (unpaired) electrons. The molecule has 1 N–H and O–H groups in total. The third-order valence-electron chi connectivity index (χ3n) is 4.78. The van der Waals surface area contributed by atoms with Crippen molar-refractivity contribution in [2.24, 2.45) is 0 Å². The number of carbonyl (C=O) groups is 1. The number of H-pyrrole nitrogens is 1. The molecule has 1 aromatic heterocycles. The number of aromatic nitrogens is 1. The van der Waals surface area contributed by atoms with Crippen molar-refractivity contribution in [2.45, 2.75) is 0 Å². The van der Waals surface area contributed by atoms with E-state index in [4.69, 9.17) is 0 Å². The van der Waals surface area contributed by atoms with E-state index in [2.05, 4.69) is 4.98 Å². The number of ketones is 1. The summed E-state index contributed by atoms with van der Waals surface area (Å²) in [5, 5.41) is 21.6. The lowest BCUT2D eigenvalue weighted by Gasteiger charge is -2.03. The lowest BCUT2D eigenvalue weighted by molar-refractivity contribution is -0.384. The van der Waals surface area contributed by atoms with Crippen LogP contribution in [0, 0.1) is 21.4 Å². The zero-order valence-electron chi connectivity index (χ0n) is 15.7. The molecule has 0 saturated heterocycles. The van der Waals surface area contributed by atoms with Gasteiger partial charge in [-0.2, -0.15) is 5.26 Å². The van der Waals surface area contributed by atoms with Gasteiger partial charge in [-0.25, -0.2) is 0 Å². The van der Waals surface area contributed by atoms with Crippen LogP contribution in [0.25, 0.3) is 28.2 Å². The molecule has 0 aliphatic heterocycles. The Balaban J connectivity index is 1.87. The molecular formula is C24H15N3O3. The fourth-order valence-corrected chi connectivity index (χ4v) is 3.36. The number of non-ortho nitro benzene ring substituents is 1. The van der Waals surface area contributed by atoms with Gasteiger partial charge in [-0.1, -0.05) is 60.7 Å². The number of nitrogens with zero attached hydrogens (tertiary/aromatic N) is 2. The molecule has 6 nitrogen and oxygen atoms in total. The highest BCUT2D eigenvalue weighted by atomic mass is 16.6. The van der Waals surface area contributed by atoms with Gasteiger partial charge in [0.2, 0.25) is 5.78 Å². The van der Waals surface area contributed by atoms with Crippen LogP contribution in [0.5, 0.6) is 0 Å². The van der Waals surface area contributed by atoms with Crippen LogP contribution in [0.2, 0.25) is 0 Å². The van der Waals surface area contributed by atoms with Crippen LogP contribution in [0.3, 0.4) is 0 Å². The molecule has 3 aromatic carbocycles. The highest BCUT2D eigenvalue weighted by Gasteiger charge is 2.18. The molecule has 0 spiro atoms. The molecule has 0 aliphatic carbocycles. The molecule has 1 heterocycles. The summed E-state index contributed by atoms with van der Waals surface area (Å²) in [4.78, 5) is 26.8. The number of hydrogen-bond donors (Lipinski definition) is 1. The van der Waals surface area contributed by atoms with Crippen molar-refractivity contribution < 1.29 is 9.72 Å². The van der Waals surface area contributed by atoms with E-state index in [1.807, 2.05) is 60.7 Å². The van der Waals surface area contributed by atoms with Gasteiger partial charge in [-0.15, -0.1) is 0 Å². The van der Waals surface area contributed by atoms with Gasteiger partial charge < -0.3 is 4.98 Å². The lowest BCUT2D eigenvalue weighted by Crippen LogP contribution is -2.03. The number of rotatable bonds is 5. The molecule has 0 aliphatic rings. The van der Waals surface area contributed by atoms with Crippen molar-refractivity contribution in [1.29, 1.82) is 5.26 Å². The Labute approximate surface area is 171 Å². The van der Waals surface area contributed by atoms with E-state index in [0.29, 0.717) is 5.56 Å². The largest absolute Gasteiger partial charge is 0.354 e. The van der Waals surface area contributed by atoms with Gasteiger partial charge >= 0.3 is 0 Å². The van der Waals surface area contributed by atoms with Crippen LogP contribution in [0.4, 0.5) is 5.69 Å². The predicted molar refractivity (Wildman–Crippen MR) is 115 cm³/mol. The van der Waals surface area contributed by atoms with E-state index < -0.39 is 10.7 Å². The zero-order valence-corrected chi connectivity index (χ0v) is 15.7. The molecule has 0 bridgehead atoms. The number of Topliss-reactive ketones (excluding diaryl/α,β-unsaturated/α-hetero) is 1. The standard InChI is InChI=1S/C24H15N3O3/c25-15-18(24(28)17-9-6-10-19(13-17)27(29)30)14-21-20-11-4-5-12-22(20)26-23(21)16-7-2-1-3-8-16/h1-14,26H/b18-14+. The number of nitrogens with one attached hydrogen (secondary N) is 1. The summed E-state index contributed by atoms with van der Waals surface area (Å²) in [6, 6.07) is 24.6. The van der Waals surface area contributed by atoms with E-state index in [0.717, 1.165) is 22.2 Å². The summed E-state index contributed by atoms with van der Waals surface area (Å²) in [6.07, 6.45) is 1.54. The second-order valence-corrected chi connectivity index (χ2v) is 6.63. The fourth-order valence-electron chi connectivity index (χ4n) is 3.36. The van der Waals surface area contributed by atoms with Crippen LogP contribution in [0.1, 0.15) is 15.9 Å². The van der Waals surface area contributed by atoms with E-state index in [1.165, 1.54) is 24.3 Å². The van der Waals surface area contributed by atoms with Crippen LogP contribution < -0.4 is 0 Å². The Morgan fingerprint density at radius 1 is 1.00 bits per heavy atom. The third kappa shape index (κ3) is 3.48. The van der Waals surface area contributed by atoms with Crippen molar-refractivity contribution in [3.05, 3.63) is 106 Å². The normalized spacial score (nSPS) is 11.2. The highest BCUT2D eigenvalue weighted by Crippen LogP contribution is 2.32. The monoisotopic (exact) mass is 393 g/mol. The van der Waals surface area contributed by atoms with Crippen LogP contribution in [-0.2, 0) is 0 Å². The van der Waals surface area contributed by atoms with Crippen molar-refractivity contribution in [1.82, 2.24) is 4.98 Å². The summed E-state index contributed by atoms with van der Waals surface area (Å²) < 4.78 is 0. The maximum atomic E-state index is 12.9. The number of allylic oxidation sites excluding steroid dienone is 1. The quantitative estimate of drug-likeness (QED) is 0.158. The third-order valence-corrected chi connectivity index (χ3v) is 4.78. The molecule has 0 amide bonds. The van der Waals surface area contributed by atoms with Crippen LogP contribution in [0.15, 0.2) is 84.4 Å². The maximum Gasteiger partial charge on any atom is 0.270 e. The Morgan fingerprint density at radius 3 is 2.47 bits per heavy atom. The first-order valence-corrected chi connectivity index (χ1v) is 9.15. The molecular weight excluding hydrogens is 378 g/mol. The number of fused-ring (bicyclic) bond motifs is 1. The molecule has 0 unspecified atom stereocenters. The smallest absolute Gasteiger partial charge is 0.270 e. The molecule has 0 atom stereocenters. The minimum atomic E-state index is -0.570. The number of hydrogen-bond acceptors (Lipinski definition) is 4. The fraction of sp³-hybridized carbons (Fsp3) is 0. The predicted octanol–water partition coefficient (Wildman–Crippen LogP) is 5.53. The Hall–Kier alpha value is -4.50. The Morgan fingerprint density at radius 2 is 1.73 bits per heavy atom. The van der Waals surface area contributed by atoms with Gasteiger partial charge in [0.25, 0.3) is 5.69 Å². The number of para-hydroxylation sites is 1. The van der Waals surface area contributed by atoms with Crippen molar-refractivity contribution in [3.63, 3.8) is 0 Å². The highest BCUT2D eigenvalue weighted by molar-refractivity contribution is 6.15. The Kier molecular flexibility index (Phi) is 4.93. The van der Waals surface area contributed by atoms with E-state index in [1.54, 1.807) is 6.08 Å². The maximum absolute atomic E-state index is 12.9. The summed E-state index contributed by atoms with van der Waals surface area (Å²) in [5.74, 6) is -0.564. The summed E-state index contributed by atoms with van der Waals surface area (Å²) >= 11 is 0. The van der Waals surface area contributed by atoms with Crippen LogP contribution >= 0.6 is 0 Å². The lowest BCUT2D eigenvalue weighted by atomic mass is 9.98. The summed E-state index contributed by atoms with van der Waals surface area (Å²) in [6.45, 7) is 0. The average molecular weight is 393 g/mol. The molecule has 0 saturated carbocycles. The molecule has 144 valence electrons.